The van der Waals surface area contributed by atoms with Gasteiger partial charge < -0.3 is 4.52 Å². The molecule has 0 saturated heterocycles. The van der Waals surface area contributed by atoms with E-state index >= 15 is 0 Å². The van der Waals surface area contributed by atoms with Crippen molar-refractivity contribution in [1.82, 2.24) is 14.9 Å². The van der Waals surface area contributed by atoms with Crippen LogP contribution in [0.25, 0.3) is 0 Å². The average molecular weight is 301 g/mol. The first-order chi connectivity index (χ1) is 8.87. The molecule has 2 heterocycles. The Balaban J connectivity index is 2.07. The minimum Gasteiger partial charge on any atom is -0.364 e. The molecule has 104 valence electrons. The lowest BCUT2D eigenvalue weighted by molar-refractivity contribution is 0.413. The van der Waals surface area contributed by atoms with E-state index in [-0.39, 0.29) is 11.8 Å². The first-order valence-electron chi connectivity index (χ1n) is 5.69. The predicted molar refractivity (Wildman–Crippen MR) is 72.3 cm³/mol. The van der Waals surface area contributed by atoms with E-state index in [1.165, 1.54) is 17.6 Å². The van der Waals surface area contributed by atoms with Gasteiger partial charge in [-0.3, -0.25) is 0 Å². The second-order valence-corrected chi connectivity index (χ2v) is 7.01. The zero-order valence-corrected chi connectivity index (χ0v) is 12.5. The molecule has 1 atom stereocenters. The second kappa shape index (κ2) is 5.40. The van der Waals surface area contributed by atoms with E-state index in [4.69, 9.17) is 4.52 Å². The van der Waals surface area contributed by atoms with Crippen LogP contribution in [0.2, 0.25) is 0 Å². The number of thiazole rings is 1. The smallest absolute Gasteiger partial charge is 0.218 e. The summed E-state index contributed by atoms with van der Waals surface area (Å²) in [6.45, 7) is 5.40. The number of hydrogen-bond donors (Lipinski definition) is 1. The Morgan fingerprint density at radius 2 is 2.21 bits per heavy atom. The molecular weight excluding hydrogens is 286 g/mol. The van der Waals surface area contributed by atoms with Crippen molar-refractivity contribution >= 4 is 21.4 Å². The van der Waals surface area contributed by atoms with E-state index in [1.807, 2.05) is 12.3 Å². The van der Waals surface area contributed by atoms with Gasteiger partial charge in [-0.1, -0.05) is 5.16 Å². The lowest BCUT2D eigenvalue weighted by Gasteiger charge is -2.11. The summed E-state index contributed by atoms with van der Waals surface area (Å²) in [5.74, 6) is -0.190. The van der Waals surface area contributed by atoms with Crippen LogP contribution in [0.15, 0.2) is 16.2 Å². The lowest BCUT2D eigenvalue weighted by atomic mass is 10.3. The van der Waals surface area contributed by atoms with E-state index in [0.29, 0.717) is 5.69 Å². The average Bonchev–Trinajstić information content (AvgIpc) is 2.88. The van der Waals surface area contributed by atoms with Crippen LogP contribution in [0.1, 0.15) is 34.9 Å². The van der Waals surface area contributed by atoms with Crippen molar-refractivity contribution in [2.24, 2.45) is 0 Å². The van der Waals surface area contributed by atoms with Crippen molar-refractivity contribution in [3.8, 4) is 0 Å². The SMILES string of the molecule is Cc1csc(C(C)NS(=O)(=O)Cc2nocc2C)n1. The summed E-state index contributed by atoms with van der Waals surface area (Å²) in [4.78, 5) is 4.27. The molecule has 2 aromatic heterocycles. The molecule has 0 aliphatic heterocycles. The molecule has 0 spiro atoms. The number of rotatable bonds is 5. The Labute approximate surface area is 115 Å². The summed E-state index contributed by atoms with van der Waals surface area (Å²) < 4.78 is 31.4. The highest BCUT2D eigenvalue weighted by Crippen LogP contribution is 2.19. The molecule has 6 nitrogen and oxygen atoms in total. The lowest BCUT2D eigenvalue weighted by Crippen LogP contribution is -2.28. The number of nitrogens with zero attached hydrogens (tertiary/aromatic N) is 2. The summed E-state index contributed by atoms with van der Waals surface area (Å²) in [6.07, 6.45) is 1.43. The molecule has 1 N–H and O–H groups in total. The highest BCUT2D eigenvalue weighted by Gasteiger charge is 2.20. The second-order valence-electron chi connectivity index (χ2n) is 4.37. The number of aryl methyl sites for hydroxylation is 2. The molecule has 0 aromatic carbocycles. The normalized spacial score (nSPS) is 13.6. The molecule has 2 aromatic rings. The summed E-state index contributed by atoms with van der Waals surface area (Å²) >= 11 is 1.44. The third-order valence-electron chi connectivity index (χ3n) is 2.54. The van der Waals surface area contributed by atoms with Crippen molar-refractivity contribution in [2.45, 2.75) is 32.6 Å². The minimum absolute atomic E-state index is 0.190. The van der Waals surface area contributed by atoms with Crippen LogP contribution in [-0.4, -0.2) is 18.6 Å². The van der Waals surface area contributed by atoms with E-state index in [9.17, 15) is 8.42 Å². The van der Waals surface area contributed by atoms with Gasteiger partial charge >= 0.3 is 0 Å². The Morgan fingerprint density at radius 3 is 2.74 bits per heavy atom. The fourth-order valence-corrected chi connectivity index (χ4v) is 3.81. The maximum Gasteiger partial charge on any atom is 0.218 e. The molecule has 0 aliphatic rings. The third-order valence-corrected chi connectivity index (χ3v) is 5.05. The van der Waals surface area contributed by atoms with Gasteiger partial charge in [0.1, 0.15) is 22.7 Å². The van der Waals surface area contributed by atoms with Crippen LogP contribution in [0.4, 0.5) is 0 Å². The molecular formula is C11H15N3O3S2. The number of sulfonamides is 1. The van der Waals surface area contributed by atoms with Crippen LogP contribution in [0.5, 0.6) is 0 Å². The topological polar surface area (TPSA) is 85.1 Å². The predicted octanol–water partition coefficient (Wildman–Crippen LogP) is 1.93. The zero-order chi connectivity index (χ0) is 14.0. The van der Waals surface area contributed by atoms with Gasteiger partial charge in [0, 0.05) is 16.6 Å². The molecule has 0 fully saturated rings. The van der Waals surface area contributed by atoms with Crippen molar-refractivity contribution in [3.63, 3.8) is 0 Å². The highest BCUT2D eigenvalue weighted by molar-refractivity contribution is 7.88. The van der Waals surface area contributed by atoms with Crippen LogP contribution < -0.4 is 4.72 Å². The van der Waals surface area contributed by atoms with Gasteiger partial charge in [-0.05, 0) is 20.8 Å². The standard InChI is InChI=1S/C11H15N3O3S2/c1-7-4-17-13-10(7)6-19(15,16)14-9(3)11-12-8(2)5-18-11/h4-5,9,14H,6H2,1-3H3. The molecule has 0 aliphatic carbocycles. The van der Waals surface area contributed by atoms with Gasteiger partial charge in [-0.15, -0.1) is 11.3 Å². The maximum atomic E-state index is 12.0. The maximum absolute atomic E-state index is 12.0. The third kappa shape index (κ3) is 3.62. The van der Waals surface area contributed by atoms with Crippen molar-refractivity contribution in [2.75, 3.05) is 0 Å². The highest BCUT2D eigenvalue weighted by atomic mass is 32.2. The first-order valence-corrected chi connectivity index (χ1v) is 8.22. The molecule has 0 radical (unpaired) electrons. The Morgan fingerprint density at radius 1 is 1.47 bits per heavy atom. The largest absolute Gasteiger partial charge is 0.364 e. The quantitative estimate of drug-likeness (QED) is 0.912. The summed E-state index contributed by atoms with van der Waals surface area (Å²) in [6, 6.07) is -0.351. The molecule has 1 unspecified atom stereocenters. The molecule has 0 amide bonds. The van der Waals surface area contributed by atoms with Crippen LogP contribution >= 0.6 is 11.3 Å². The van der Waals surface area contributed by atoms with E-state index in [1.54, 1.807) is 13.8 Å². The zero-order valence-electron chi connectivity index (χ0n) is 10.9. The number of nitrogens with one attached hydrogen (secondary N) is 1. The van der Waals surface area contributed by atoms with Gasteiger partial charge in [0.15, 0.2) is 0 Å². The Hall–Kier alpha value is -1.25. The molecule has 0 bridgehead atoms. The van der Waals surface area contributed by atoms with Crippen LogP contribution in [-0.2, 0) is 15.8 Å². The van der Waals surface area contributed by atoms with E-state index in [0.717, 1.165) is 16.3 Å². The van der Waals surface area contributed by atoms with Gasteiger partial charge in [0.2, 0.25) is 10.0 Å². The number of aromatic nitrogens is 2. The first kappa shape index (κ1) is 14.2. The van der Waals surface area contributed by atoms with Crippen LogP contribution in [0, 0.1) is 13.8 Å². The minimum atomic E-state index is -3.47. The van der Waals surface area contributed by atoms with Crippen molar-refractivity contribution in [1.29, 1.82) is 0 Å². The van der Waals surface area contributed by atoms with Gasteiger partial charge in [-0.2, -0.15) is 0 Å². The van der Waals surface area contributed by atoms with Gasteiger partial charge in [-0.25, -0.2) is 18.1 Å². The van der Waals surface area contributed by atoms with Crippen molar-refractivity contribution < 1.29 is 12.9 Å². The summed E-state index contributed by atoms with van der Waals surface area (Å²) in [5.41, 5.74) is 2.04. The van der Waals surface area contributed by atoms with E-state index in [2.05, 4.69) is 14.9 Å². The van der Waals surface area contributed by atoms with Crippen molar-refractivity contribution in [3.05, 3.63) is 33.6 Å². The Kier molecular flexibility index (Phi) is 4.02. The summed E-state index contributed by atoms with van der Waals surface area (Å²) in [5, 5.41) is 6.32. The van der Waals surface area contributed by atoms with Crippen LogP contribution in [0.3, 0.4) is 0 Å². The molecule has 19 heavy (non-hydrogen) atoms. The van der Waals surface area contributed by atoms with E-state index < -0.39 is 10.0 Å². The molecule has 8 heteroatoms. The summed E-state index contributed by atoms with van der Waals surface area (Å²) in [7, 11) is -3.47. The molecule has 0 saturated carbocycles. The van der Waals surface area contributed by atoms with Gasteiger partial charge in [0.05, 0.1) is 6.04 Å². The fraction of sp³-hybridized carbons (Fsp3) is 0.455. The molecule has 2 rings (SSSR count). The Bertz CT molecular complexity index is 660. The monoisotopic (exact) mass is 301 g/mol. The fourth-order valence-electron chi connectivity index (χ4n) is 1.56. The number of hydrogen-bond acceptors (Lipinski definition) is 6. The van der Waals surface area contributed by atoms with Gasteiger partial charge in [0.25, 0.3) is 0 Å².